The van der Waals surface area contributed by atoms with Gasteiger partial charge in [-0.05, 0) is 65.2 Å². The summed E-state index contributed by atoms with van der Waals surface area (Å²) in [7, 11) is 1.56. The number of methoxy groups -OCH3 is 1. The third-order valence-corrected chi connectivity index (χ3v) is 5.46. The van der Waals surface area contributed by atoms with Crippen LogP contribution in [0.15, 0.2) is 71.8 Å². The zero-order chi connectivity index (χ0) is 25.3. The number of rotatable bonds is 9. The van der Waals surface area contributed by atoms with Crippen LogP contribution in [0.4, 0.5) is 5.69 Å². The number of ether oxygens (including phenoxy) is 3. The normalized spacial score (nSPS) is 11.2. The van der Waals surface area contributed by atoms with Gasteiger partial charge in [0.05, 0.1) is 18.3 Å². The molecular weight excluding hydrogens is 482 g/mol. The maximum Gasteiger partial charge on any atom is 0.191 e. The SMILES string of the molecule is COc1cc(C=NNC(=S)Nc2ccccc2)cc(Cl)c1OCCOc1ccc(C(C)(C)C)cc1. The molecule has 0 atom stereocenters. The minimum atomic E-state index is 0.104. The van der Waals surface area contributed by atoms with Crippen LogP contribution in [0, 0.1) is 0 Å². The molecule has 35 heavy (non-hydrogen) atoms. The Morgan fingerprint density at radius 2 is 1.69 bits per heavy atom. The number of hydrogen-bond donors (Lipinski definition) is 2. The second kappa shape index (κ2) is 12.4. The molecule has 0 heterocycles. The van der Waals surface area contributed by atoms with Gasteiger partial charge in [-0.2, -0.15) is 5.10 Å². The van der Waals surface area contributed by atoms with Crippen LogP contribution in [0.3, 0.4) is 0 Å². The van der Waals surface area contributed by atoms with Crippen molar-refractivity contribution in [2.24, 2.45) is 5.10 Å². The van der Waals surface area contributed by atoms with Gasteiger partial charge in [-0.3, -0.25) is 5.43 Å². The quantitative estimate of drug-likeness (QED) is 0.149. The molecule has 0 bridgehead atoms. The zero-order valence-corrected chi connectivity index (χ0v) is 21.9. The van der Waals surface area contributed by atoms with E-state index in [0.717, 1.165) is 17.0 Å². The Hall–Kier alpha value is -3.29. The highest BCUT2D eigenvalue weighted by atomic mass is 35.5. The molecule has 0 spiro atoms. The number of hydrogen-bond acceptors (Lipinski definition) is 5. The highest BCUT2D eigenvalue weighted by molar-refractivity contribution is 7.80. The van der Waals surface area contributed by atoms with E-state index >= 15 is 0 Å². The van der Waals surface area contributed by atoms with Gasteiger partial charge in [0.2, 0.25) is 0 Å². The fourth-order valence-electron chi connectivity index (χ4n) is 3.15. The number of nitrogens with zero attached hydrogens (tertiary/aromatic N) is 1. The van der Waals surface area contributed by atoms with Crippen molar-refractivity contribution in [3.63, 3.8) is 0 Å². The van der Waals surface area contributed by atoms with E-state index in [0.29, 0.717) is 34.8 Å². The van der Waals surface area contributed by atoms with E-state index in [4.69, 9.17) is 38.0 Å². The Morgan fingerprint density at radius 1 is 1.00 bits per heavy atom. The van der Waals surface area contributed by atoms with E-state index in [1.165, 1.54) is 5.56 Å². The Balaban J connectivity index is 1.52. The maximum absolute atomic E-state index is 6.45. The van der Waals surface area contributed by atoms with E-state index in [1.807, 2.05) is 42.5 Å². The summed E-state index contributed by atoms with van der Waals surface area (Å²) in [6, 6.07) is 21.2. The first-order chi connectivity index (χ1) is 16.8. The summed E-state index contributed by atoms with van der Waals surface area (Å²) in [6.45, 7) is 7.22. The molecule has 0 amide bonds. The molecule has 0 unspecified atom stereocenters. The number of benzene rings is 3. The summed E-state index contributed by atoms with van der Waals surface area (Å²) in [4.78, 5) is 0. The van der Waals surface area contributed by atoms with Gasteiger partial charge in [0, 0.05) is 5.69 Å². The monoisotopic (exact) mass is 511 g/mol. The minimum absolute atomic E-state index is 0.104. The molecule has 0 aliphatic rings. The molecule has 0 aliphatic heterocycles. The molecule has 3 rings (SSSR count). The second-order valence-electron chi connectivity index (χ2n) is 8.70. The summed E-state index contributed by atoms with van der Waals surface area (Å²) >= 11 is 11.7. The van der Waals surface area contributed by atoms with Crippen LogP contribution in [0.25, 0.3) is 0 Å². The van der Waals surface area contributed by atoms with Crippen molar-refractivity contribution in [1.29, 1.82) is 0 Å². The van der Waals surface area contributed by atoms with Crippen molar-refractivity contribution >= 4 is 40.8 Å². The Morgan fingerprint density at radius 3 is 2.34 bits per heavy atom. The molecule has 8 heteroatoms. The molecule has 0 saturated carbocycles. The van der Waals surface area contributed by atoms with Crippen molar-refractivity contribution in [3.05, 3.63) is 82.9 Å². The van der Waals surface area contributed by atoms with Crippen molar-refractivity contribution in [2.75, 3.05) is 25.6 Å². The van der Waals surface area contributed by atoms with Crippen molar-refractivity contribution < 1.29 is 14.2 Å². The lowest BCUT2D eigenvalue weighted by Crippen LogP contribution is -2.23. The standard InChI is InChI=1S/C27H30ClN3O3S/c1-27(2,3)20-10-12-22(13-11-20)33-14-15-34-25-23(28)16-19(17-24(25)32-4)18-29-31-26(35)30-21-8-6-5-7-9-21/h5-13,16-18H,14-15H2,1-4H3,(H2,30,31,35). The number of para-hydroxylation sites is 1. The third-order valence-electron chi connectivity index (χ3n) is 4.98. The average molecular weight is 512 g/mol. The topological polar surface area (TPSA) is 64.1 Å². The Labute approximate surface area is 217 Å². The molecule has 3 aromatic carbocycles. The second-order valence-corrected chi connectivity index (χ2v) is 9.51. The summed E-state index contributed by atoms with van der Waals surface area (Å²) in [5.41, 5.74) is 5.74. The van der Waals surface area contributed by atoms with Crippen molar-refractivity contribution in [3.8, 4) is 17.2 Å². The Bertz CT molecular complexity index is 1150. The number of thiocarbonyl (C=S) groups is 1. The van der Waals surface area contributed by atoms with Gasteiger partial charge >= 0.3 is 0 Å². The van der Waals surface area contributed by atoms with E-state index in [-0.39, 0.29) is 5.41 Å². The molecule has 0 fully saturated rings. The lowest BCUT2D eigenvalue weighted by atomic mass is 9.87. The summed E-state index contributed by atoms with van der Waals surface area (Å²) < 4.78 is 17.1. The lowest BCUT2D eigenvalue weighted by Gasteiger charge is -2.19. The lowest BCUT2D eigenvalue weighted by molar-refractivity contribution is 0.211. The molecule has 3 aromatic rings. The predicted molar refractivity (Wildman–Crippen MR) is 148 cm³/mol. The number of anilines is 1. The van der Waals surface area contributed by atoms with Crippen LogP contribution >= 0.6 is 23.8 Å². The van der Waals surface area contributed by atoms with Gasteiger partial charge in [-0.25, -0.2) is 0 Å². The van der Waals surface area contributed by atoms with Crippen LogP contribution in [0.2, 0.25) is 5.02 Å². The van der Waals surface area contributed by atoms with E-state index in [1.54, 1.807) is 25.5 Å². The number of halogens is 1. The minimum Gasteiger partial charge on any atom is -0.493 e. The van der Waals surface area contributed by atoms with Crippen molar-refractivity contribution in [2.45, 2.75) is 26.2 Å². The highest BCUT2D eigenvalue weighted by Gasteiger charge is 2.14. The molecule has 0 saturated heterocycles. The Kier molecular flexibility index (Phi) is 9.34. The van der Waals surface area contributed by atoms with Crippen LogP contribution in [0.1, 0.15) is 31.9 Å². The first-order valence-electron chi connectivity index (χ1n) is 11.1. The van der Waals surface area contributed by atoms with Crippen LogP contribution in [0.5, 0.6) is 17.2 Å². The smallest absolute Gasteiger partial charge is 0.191 e. The molecule has 6 nitrogen and oxygen atoms in total. The fourth-order valence-corrected chi connectivity index (χ4v) is 3.60. The van der Waals surface area contributed by atoms with Gasteiger partial charge < -0.3 is 19.5 Å². The van der Waals surface area contributed by atoms with Crippen LogP contribution < -0.4 is 25.0 Å². The van der Waals surface area contributed by atoms with E-state index < -0.39 is 0 Å². The van der Waals surface area contributed by atoms with Gasteiger partial charge in [-0.1, -0.05) is 62.7 Å². The van der Waals surface area contributed by atoms with Crippen molar-refractivity contribution in [1.82, 2.24) is 5.43 Å². The first-order valence-corrected chi connectivity index (χ1v) is 11.9. The molecule has 2 N–H and O–H groups in total. The van der Waals surface area contributed by atoms with Crippen LogP contribution in [-0.4, -0.2) is 31.7 Å². The molecular formula is C27H30ClN3O3S. The molecule has 0 radical (unpaired) electrons. The largest absolute Gasteiger partial charge is 0.493 e. The summed E-state index contributed by atoms with van der Waals surface area (Å²) in [6.07, 6.45) is 1.60. The average Bonchev–Trinajstić information content (AvgIpc) is 2.83. The van der Waals surface area contributed by atoms with Gasteiger partial charge in [0.25, 0.3) is 0 Å². The summed E-state index contributed by atoms with van der Waals surface area (Å²) in [5, 5.41) is 7.99. The molecule has 184 valence electrons. The highest BCUT2D eigenvalue weighted by Crippen LogP contribution is 2.36. The predicted octanol–water partition coefficient (Wildman–Crippen LogP) is 6.42. The summed E-state index contributed by atoms with van der Waals surface area (Å²) in [5.74, 6) is 1.74. The van der Waals surface area contributed by atoms with E-state index in [2.05, 4.69) is 48.7 Å². The fraction of sp³-hybridized carbons (Fsp3) is 0.259. The van der Waals surface area contributed by atoms with Gasteiger partial charge in [0.1, 0.15) is 19.0 Å². The first kappa shape index (κ1) is 26.3. The number of hydrazone groups is 1. The number of nitrogens with one attached hydrogen (secondary N) is 2. The molecule has 0 aromatic heterocycles. The van der Waals surface area contributed by atoms with Gasteiger partial charge in [0.15, 0.2) is 16.6 Å². The van der Waals surface area contributed by atoms with Gasteiger partial charge in [-0.15, -0.1) is 0 Å². The zero-order valence-electron chi connectivity index (χ0n) is 20.3. The maximum atomic E-state index is 6.45. The third kappa shape index (κ3) is 8.16. The van der Waals surface area contributed by atoms with Crippen LogP contribution in [-0.2, 0) is 5.41 Å². The molecule has 0 aliphatic carbocycles. The van der Waals surface area contributed by atoms with E-state index in [9.17, 15) is 0 Å².